The van der Waals surface area contributed by atoms with Crippen LogP contribution in [0, 0.1) is 0 Å². The number of aromatic nitrogens is 1. The average Bonchev–Trinajstić information content (AvgIpc) is 3.37. The van der Waals surface area contributed by atoms with E-state index in [1.807, 2.05) is 72.6 Å². The molecule has 1 heterocycles. The lowest BCUT2D eigenvalue weighted by Crippen LogP contribution is -2.46. The Labute approximate surface area is 228 Å². The van der Waals surface area contributed by atoms with Gasteiger partial charge in [0, 0.05) is 37.4 Å². The summed E-state index contributed by atoms with van der Waals surface area (Å²) in [4.78, 5) is 30.6. The number of benzene rings is 2. The molecule has 0 unspecified atom stereocenters. The number of nitrogens with zero attached hydrogens (tertiary/aromatic N) is 3. The summed E-state index contributed by atoms with van der Waals surface area (Å²) in [6.07, 6.45) is 6.31. The Balaban J connectivity index is 1.81. The maximum Gasteiger partial charge on any atom is 0.242 e. The van der Waals surface area contributed by atoms with E-state index in [4.69, 9.17) is 4.74 Å². The van der Waals surface area contributed by atoms with Crippen LogP contribution in [-0.2, 0) is 29.2 Å². The van der Waals surface area contributed by atoms with Crippen LogP contribution < -0.4 is 4.74 Å². The minimum atomic E-state index is -0.0351. The second-order valence-electron chi connectivity index (χ2n) is 9.95. The summed E-state index contributed by atoms with van der Waals surface area (Å²) in [5, 5.41) is 0. The molecule has 0 N–H and O–H groups in total. The Morgan fingerprint density at radius 3 is 2.37 bits per heavy atom. The minimum absolute atomic E-state index is 0.0172. The topological polar surface area (TPSA) is 54.8 Å². The molecule has 2 amide bonds. The largest absolute Gasteiger partial charge is 0.497 e. The molecule has 0 bridgehead atoms. The Kier molecular flexibility index (Phi) is 11.5. The highest BCUT2D eigenvalue weighted by Crippen LogP contribution is 2.18. The number of methoxy groups -OCH3 is 1. The highest BCUT2D eigenvalue weighted by molar-refractivity contribution is 5.85. The van der Waals surface area contributed by atoms with Crippen molar-refractivity contribution in [1.82, 2.24) is 14.4 Å². The van der Waals surface area contributed by atoms with E-state index in [0.29, 0.717) is 26.1 Å². The van der Waals surface area contributed by atoms with Crippen LogP contribution in [0.25, 0.3) is 0 Å². The van der Waals surface area contributed by atoms with Gasteiger partial charge in [0.05, 0.1) is 13.7 Å². The van der Waals surface area contributed by atoms with Gasteiger partial charge in [-0.25, -0.2) is 0 Å². The molecule has 0 radical (unpaired) electrons. The number of rotatable bonds is 15. The SMILES string of the molecule is CCCCCC(=O)N(CC(=O)N(Cc1ccccc1)Cc1cccn1Cc1cccc(OC)c1)[C@H](C)CC. The van der Waals surface area contributed by atoms with Gasteiger partial charge in [-0.2, -0.15) is 0 Å². The predicted molar refractivity (Wildman–Crippen MR) is 153 cm³/mol. The average molecular weight is 518 g/mol. The van der Waals surface area contributed by atoms with Crippen LogP contribution in [0.5, 0.6) is 5.75 Å². The van der Waals surface area contributed by atoms with Crippen molar-refractivity contribution >= 4 is 11.8 Å². The molecule has 1 aromatic heterocycles. The second kappa shape index (κ2) is 15.0. The molecule has 6 nitrogen and oxygen atoms in total. The Hall–Kier alpha value is -3.54. The molecule has 0 aliphatic carbocycles. The third-order valence-corrected chi connectivity index (χ3v) is 7.08. The molecular weight excluding hydrogens is 474 g/mol. The molecule has 3 rings (SSSR count). The molecule has 204 valence electrons. The van der Waals surface area contributed by atoms with E-state index in [0.717, 1.165) is 48.3 Å². The molecule has 38 heavy (non-hydrogen) atoms. The number of ether oxygens (including phenoxy) is 1. The van der Waals surface area contributed by atoms with Crippen molar-refractivity contribution in [1.29, 1.82) is 0 Å². The van der Waals surface area contributed by atoms with Gasteiger partial charge in [-0.3, -0.25) is 9.59 Å². The summed E-state index contributed by atoms with van der Waals surface area (Å²) in [5.74, 6) is 0.861. The van der Waals surface area contributed by atoms with Crippen LogP contribution in [0.1, 0.15) is 69.7 Å². The van der Waals surface area contributed by atoms with Gasteiger partial charge in [0.1, 0.15) is 12.3 Å². The minimum Gasteiger partial charge on any atom is -0.497 e. The van der Waals surface area contributed by atoms with Crippen molar-refractivity contribution in [3.05, 3.63) is 89.7 Å². The highest BCUT2D eigenvalue weighted by atomic mass is 16.5. The third-order valence-electron chi connectivity index (χ3n) is 7.08. The van der Waals surface area contributed by atoms with Crippen molar-refractivity contribution in [2.75, 3.05) is 13.7 Å². The van der Waals surface area contributed by atoms with Crippen molar-refractivity contribution in [3.63, 3.8) is 0 Å². The maximum atomic E-state index is 13.8. The maximum absolute atomic E-state index is 13.8. The van der Waals surface area contributed by atoms with E-state index in [2.05, 4.69) is 30.5 Å². The molecule has 0 aliphatic heterocycles. The Bertz CT molecular complexity index is 1140. The molecule has 3 aromatic rings. The number of hydrogen-bond acceptors (Lipinski definition) is 3. The number of carbonyl (C=O) groups excluding carboxylic acids is 2. The molecular formula is C32H43N3O3. The molecule has 0 saturated carbocycles. The van der Waals surface area contributed by atoms with Gasteiger partial charge in [0.2, 0.25) is 11.8 Å². The zero-order chi connectivity index (χ0) is 27.3. The Morgan fingerprint density at radius 2 is 1.66 bits per heavy atom. The number of hydrogen-bond donors (Lipinski definition) is 0. The Morgan fingerprint density at radius 1 is 0.895 bits per heavy atom. The van der Waals surface area contributed by atoms with Crippen molar-refractivity contribution in [3.8, 4) is 5.75 Å². The summed E-state index contributed by atoms with van der Waals surface area (Å²) in [7, 11) is 1.67. The van der Waals surface area contributed by atoms with Gasteiger partial charge in [-0.05, 0) is 55.2 Å². The monoisotopic (exact) mass is 517 g/mol. The predicted octanol–water partition coefficient (Wildman–Crippen LogP) is 6.28. The molecule has 0 spiro atoms. The molecule has 0 aliphatic rings. The van der Waals surface area contributed by atoms with E-state index >= 15 is 0 Å². The van der Waals surface area contributed by atoms with Crippen LogP contribution in [0.2, 0.25) is 0 Å². The van der Waals surface area contributed by atoms with E-state index in [-0.39, 0.29) is 24.4 Å². The van der Waals surface area contributed by atoms with Crippen molar-refractivity contribution in [2.45, 2.75) is 78.6 Å². The summed E-state index contributed by atoms with van der Waals surface area (Å²) in [6.45, 7) is 7.96. The van der Waals surface area contributed by atoms with Gasteiger partial charge >= 0.3 is 0 Å². The standard InChI is InChI=1S/C32H43N3O3/c1-5-7-9-19-31(36)35(26(3)6-2)25-32(37)34(22-27-14-10-8-11-15-27)24-29-17-13-20-33(29)23-28-16-12-18-30(21-28)38-4/h8,10-18,20-21,26H,5-7,9,19,22-25H2,1-4H3/t26-/m1/s1. The summed E-state index contributed by atoms with van der Waals surface area (Å²) < 4.78 is 7.56. The first kappa shape index (κ1) is 29.0. The fraction of sp³-hybridized carbons (Fsp3) is 0.438. The first-order chi connectivity index (χ1) is 18.4. The first-order valence-corrected chi connectivity index (χ1v) is 13.8. The van der Waals surface area contributed by atoms with Gasteiger partial charge in [0.15, 0.2) is 0 Å². The van der Waals surface area contributed by atoms with Crippen LogP contribution in [0.3, 0.4) is 0 Å². The summed E-state index contributed by atoms with van der Waals surface area (Å²) in [5.41, 5.74) is 3.24. The van der Waals surface area contributed by atoms with Gasteiger partial charge in [0.25, 0.3) is 0 Å². The zero-order valence-electron chi connectivity index (χ0n) is 23.4. The molecule has 6 heteroatoms. The van der Waals surface area contributed by atoms with Gasteiger partial charge in [-0.15, -0.1) is 0 Å². The van der Waals surface area contributed by atoms with Gasteiger partial charge < -0.3 is 19.1 Å². The van der Waals surface area contributed by atoms with Crippen molar-refractivity contribution in [2.24, 2.45) is 0 Å². The summed E-state index contributed by atoms with van der Waals surface area (Å²) in [6, 6.07) is 22.2. The lowest BCUT2D eigenvalue weighted by Gasteiger charge is -2.31. The number of amides is 2. The van der Waals surface area contributed by atoms with Crippen LogP contribution in [-0.4, -0.2) is 45.9 Å². The van der Waals surface area contributed by atoms with E-state index in [1.54, 1.807) is 12.0 Å². The van der Waals surface area contributed by atoms with Crippen LogP contribution in [0.15, 0.2) is 72.9 Å². The van der Waals surface area contributed by atoms with Crippen LogP contribution in [0.4, 0.5) is 0 Å². The van der Waals surface area contributed by atoms with Gasteiger partial charge in [-0.1, -0.05) is 69.2 Å². The molecule has 0 fully saturated rings. The highest BCUT2D eigenvalue weighted by Gasteiger charge is 2.25. The fourth-order valence-electron chi connectivity index (χ4n) is 4.57. The molecule has 0 saturated heterocycles. The second-order valence-corrected chi connectivity index (χ2v) is 9.95. The van der Waals surface area contributed by atoms with Crippen LogP contribution >= 0.6 is 0 Å². The fourth-order valence-corrected chi connectivity index (χ4v) is 4.57. The molecule has 2 aromatic carbocycles. The third kappa shape index (κ3) is 8.51. The lowest BCUT2D eigenvalue weighted by atomic mass is 10.1. The normalized spacial score (nSPS) is 11.7. The quantitative estimate of drug-likeness (QED) is 0.223. The number of carbonyl (C=O) groups is 2. The van der Waals surface area contributed by atoms with E-state index < -0.39 is 0 Å². The van der Waals surface area contributed by atoms with E-state index in [1.165, 1.54) is 0 Å². The van der Waals surface area contributed by atoms with Crippen molar-refractivity contribution < 1.29 is 14.3 Å². The molecule has 1 atom stereocenters. The first-order valence-electron chi connectivity index (χ1n) is 13.8. The number of unbranched alkanes of at least 4 members (excludes halogenated alkanes) is 2. The lowest BCUT2D eigenvalue weighted by molar-refractivity contribution is -0.143. The summed E-state index contributed by atoms with van der Waals surface area (Å²) >= 11 is 0. The van der Waals surface area contributed by atoms with E-state index in [9.17, 15) is 9.59 Å². The zero-order valence-corrected chi connectivity index (χ0v) is 23.4. The smallest absolute Gasteiger partial charge is 0.242 e.